The summed E-state index contributed by atoms with van der Waals surface area (Å²) in [5.74, 6) is 0.394. The lowest BCUT2D eigenvalue weighted by molar-refractivity contribution is -0.144. The molecule has 23 heavy (non-hydrogen) atoms. The minimum Gasteiger partial charge on any atom is -0.493 e. The molecule has 0 aliphatic carbocycles. The van der Waals surface area contributed by atoms with Crippen molar-refractivity contribution in [1.29, 1.82) is 0 Å². The molecular weight excluding hydrogens is 294 g/mol. The molecule has 2 atom stereocenters. The predicted octanol–water partition coefficient (Wildman–Crippen LogP) is 2.95. The summed E-state index contributed by atoms with van der Waals surface area (Å²) in [6.07, 6.45) is 3.36. The first-order valence-electron chi connectivity index (χ1n) is 7.92. The van der Waals surface area contributed by atoms with E-state index in [0.717, 1.165) is 18.4 Å². The zero-order valence-electron chi connectivity index (χ0n) is 13.8. The molecule has 5 heteroatoms. The highest BCUT2D eigenvalue weighted by Gasteiger charge is 2.29. The molecule has 2 rings (SSSR count). The average Bonchev–Trinajstić information content (AvgIpc) is 2.55. The first kappa shape index (κ1) is 17.3. The number of carbonyl (C=O) groups is 1. The smallest absolute Gasteiger partial charge is 0.307 e. The summed E-state index contributed by atoms with van der Waals surface area (Å²) in [6.45, 7) is 7.52. The van der Waals surface area contributed by atoms with Crippen molar-refractivity contribution in [3.63, 3.8) is 0 Å². The van der Waals surface area contributed by atoms with Crippen LogP contribution in [-0.2, 0) is 11.3 Å². The monoisotopic (exact) mass is 319 g/mol. The Balaban J connectivity index is 2.09. The third kappa shape index (κ3) is 4.48. The number of benzene rings is 1. The third-order valence-corrected chi connectivity index (χ3v) is 4.33. The normalized spacial score (nSPS) is 21.7. The molecule has 0 spiro atoms. The molecule has 0 bridgehead atoms. The van der Waals surface area contributed by atoms with Crippen molar-refractivity contribution in [3.8, 4) is 11.5 Å². The maximum atomic E-state index is 11.2. The van der Waals surface area contributed by atoms with Crippen LogP contribution in [0.4, 0.5) is 0 Å². The lowest BCUT2D eigenvalue weighted by Gasteiger charge is -2.36. The molecule has 1 aliphatic heterocycles. The van der Waals surface area contributed by atoms with Crippen molar-refractivity contribution < 1.29 is 19.4 Å². The van der Waals surface area contributed by atoms with Crippen molar-refractivity contribution in [3.05, 3.63) is 36.4 Å². The number of piperidine rings is 1. The molecule has 5 nitrogen and oxygen atoms in total. The van der Waals surface area contributed by atoms with Gasteiger partial charge in [0.2, 0.25) is 0 Å². The van der Waals surface area contributed by atoms with Gasteiger partial charge in [0, 0.05) is 19.1 Å². The maximum absolute atomic E-state index is 11.2. The van der Waals surface area contributed by atoms with Crippen molar-refractivity contribution in [1.82, 2.24) is 4.90 Å². The largest absolute Gasteiger partial charge is 0.493 e. The van der Waals surface area contributed by atoms with Crippen LogP contribution >= 0.6 is 0 Å². The van der Waals surface area contributed by atoms with Crippen molar-refractivity contribution in [2.24, 2.45) is 5.92 Å². The number of ether oxygens (including phenoxy) is 2. The highest BCUT2D eigenvalue weighted by Crippen LogP contribution is 2.30. The van der Waals surface area contributed by atoms with E-state index in [1.807, 2.05) is 18.2 Å². The maximum Gasteiger partial charge on any atom is 0.307 e. The minimum absolute atomic E-state index is 0.275. The van der Waals surface area contributed by atoms with Gasteiger partial charge in [-0.3, -0.25) is 9.69 Å². The second-order valence-electron chi connectivity index (χ2n) is 5.98. The molecule has 1 N–H and O–H groups in total. The fourth-order valence-electron chi connectivity index (χ4n) is 2.91. The highest BCUT2D eigenvalue weighted by atomic mass is 16.5. The fraction of sp³-hybridized carbons (Fsp3) is 0.500. The van der Waals surface area contributed by atoms with Gasteiger partial charge in [0.15, 0.2) is 11.5 Å². The van der Waals surface area contributed by atoms with Crippen molar-refractivity contribution in [2.75, 3.05) is 20.3 Å². The van der Waals surface area contributed by atoms with E-state index < -0.39 is 5.97 Å². The molecule has 0 saturated carbocycles. The van der Waals surface area contributed by atoms with Crippen LogP contribution in [0.2, 0.25) is 0 Å². The van der Waals surface area contributed by atoms with Gasteiger partial charge in [-0.1, -0.05) is 18.7 Å². The summed E-state index contributed by atoms with van der Waals surface area (Å²) in [6, 6.07) is 6.22. The van der Waals surface area contributed by atoms with E-state index in [-0.39, 0.29) is 5.92 Å². The third-order valence-electron chi connectivity index (χ3n) is 4.33. The first-order chi connectivity index (χ1) is 11.0. The fourth-order valence-corrected chi connectivity index (χ4v) is 2.91. The molecule has 2 unspecified atom stereocenters. The van der Waals surface area contributed by atoms with Gasteiger partial charge in [0.25, 0.3) is 0 Å². The van der Waals surface area contributed by atoms with Crippen LogP contribution in [0.5, 0.6) is 11.5 Å². The number of aliphatic carboxylic acids is 1. The quantitative estimate of drug-likeness (QED) is 0.783. The molecule has 0 amide bonds. The molecule has 0 radical (unpaired) electrons. The van der Waals surface area contributed by atoms with Gasteiger partial charge in [-0.2, -0.15) is 0 Å². The van der Waals surface area contributed by atoms with Gasteiger partial charge in [-0.25, -0.2) is 0 Å². The molecule has 1 heterocycles. The zero-order valence-corrected chi connectivity index (χ0v) is 13.8. The second-order valence-corrected chi connectivity index (χ2v) is 5.98. The number of methoxy groups -OCH3 is 1. The van der Waals surface area contributed by atoms with E-state index >= 15 is 0 Å². The SMILES string of the molecule is C=CCOc1ccc(CN2CC(C(=O)O)CCC2C)cc1OC. The van der Waals surface area contributed by atoms with E-state index in [4.69, 9.17) is 9.47 Å². The van der Waals surface area contributed by atoms with Crippen LogP contribution < -0.4 is 9.47 Å². The van der Waals surface area contributed by atoms with Crippen LogP contribution in [-0.4, -0.2) is 42.3 Å². The van der Waals surface area contributed by atoms with Crippen LogP contribution in [0.25, 0.3) is 0 Å². The summed E-state index contributed by atoms with van der Waals surface area (Å²) in [4.78, 5) is 13.5. The van der Waals surface area contributed by atoms with Crippen LogP contribution in [0.3, 0.4) is 0 Å². The highest BCUT2D eigenvalue weighted by molar-refractivity contribution is 5.70. The number of nitrogens with zero attached hydrogens (tertiary/aromatic N) is 1. The predicted molar refractivity (Wildman–Crippen MR) is 88.9 cm³/mol. The number of carboxylic acids is 1. The molecule has 1 saturated heterocycles. The molecule has 1 aromatic rings. The van der Waals surface area contributed by atoms with Crippen molar-refractivity contribution >= 4 is 5.97 Å². The van der Waals surface area contributed by atoms with E-state index in [1.54, 1.807) is 13.2 Å². The molecule has 1 aromatic carbocycles. The van der Waals surface area contributed by atoms with E-state index in [1.165, 1.54) is 0 Å². The zero-order chi connectivity index (χ0) is 16.8. The van der Waals surface area contributed by atoms with Gasteiger partial charge < -0.3 is 14.6 Å². The second kappa shape index (κ2) is 8.02. The van der Waals surface area contributed by atoms with E-state index in [0.29, 0.717) is 37.2 Å². The average molecular weight is 319 g/mol. The van der Waals surface area contributed by atoms with Crippen LogP contribution in [0, 0.1) is 5.92 Å². The topological polar surface area (TPSA) is 59.0 Å². The number of hydrogen-bond acceptors (Lipinski definition) is 4. The Morgan fingerprint density at radius 2 is 2.22 bits per heavy atom. The number of rotatable bonds is 7. The summed E-state index contributed by atoms with van der Waals surface area (Å²) in [7, 11) is 1.61. The lowest BCUT2D eigenvalue weighted by Crippen LogP contribution is -2.43. The standard InChI is InChI=1S/C18H25NO4/c1-4-9-23-16-8-6-14(10-17(16)22-3)11-19-12-15(18(20)21)7-5-13(19)2/h4,6,8,10,13,15H,1,5,7,9,11-12H2,2-3H3,(H,20,21). The Kier molecular flexibility index (Phi) is 6.04. The Labute approximate surface area is 137 Å². The number of carboxylic acid groups (broad SMARTS) is 1. The summed E-state index contributed by atoms with van der Waals surface area (Å²) >= 11 is 0. The Hall–Kier alpha value is -2.01. The molecular formula is C18H25NO4. The Morgan fingerprint density at radius 1 is 1.43 bits per heavy atom. The van der Waals surface area contributed by atoms with Gasteiger partial charge in [-0.15, -0.1) is 0 Å². The first-order valence-corrected chi connectivity index (χ1v) is 7.92. The lowest BCUT2D eigenvalue weighted by atomic mass is 9.93. The van der Waals surface area contributed by atoms with Gasteiger partial charge in [0.1, 0.15) is 6.61 Å². The minimum atomic E-state index is -0.701. The molecule has 1 aliphatic rings. The van der Waals surface area contributed by atoms with E-state index in [2.05, 4.69) is 18.4 Å². The Morgan fingerprint density at radius 3 is 2.87 bits per heavy atom. The summed E-state index contributed by atoms with van der Waals surface area (Å²) in [5.41, 5.74) is 1.09. The summed E-state index contributed by atoms with van der Waals surface area (Å²) < 4.78 is 10.9. The number of likely N-dealkylation sites (tertiary alicyclic amines) is 1. The van der Waals surface area contributed by atoms with Crippen molar-refractivity contribution in [2.45, 2.75) is 32.4 Å². The van der Waals surface area contributed by atoms with Gasteiger partial charge >= 0.3 is 5.97 Å². The number of hydrogen-bond donors (Lipinski definition) is 1. The van der Waals surface area contributed by atoms with Gasteiger partial charge in [0.05, 0.1) is 13.0 Å². The van der Waals surface area contributed by atoms with Crippen LogP contribution in [0.1, 0.15) is 25.3 Å². The summed E-state index contributed by atoms with van der Waals surface area (Å²) in [5, 5.41) is 9.24. The molecule has 1 fully saturated rings. The van der Waals surface area contributed by atoms with Gasteiger partial charge in [-0.05, 0) is 37.5 Å². The van der Waals surface area contributed by atoms with Crippen LogP contribution in [0.15, 0.2) is 30.9 Å². The Bertz CT molecular complexity index is 558. The molecule has 126 valence electrons. The van der Waals surface area contributed by atoms with E-state index in [9.17, 15) is 9.90 Å². The molecule has 0 aromatic heterocycles.